The van der Waals surface area contributed by atoms with Crippen molar-refractivity contribution in [3.63, 3.8) is 0 Å². The molecule has 9 nitrogen and oxygen atoms in total. The summed E-state index contributed by atoms with van der Waals surface area (Å²) in [5.41, 5.74) is 0.185. The van der Waals surface area contributed by atoms with Crippen LogP contribution in [-0.2, 0) is 30.5 Å². The fraction of sp³-hybridized carbons (Fsp3) is 0.655. The molecule has 1 aliphatic rings. The highest BCUT2D eigenvalue weighted by Gasteiger charge is 2.41. The molecule has 4 atom stereocenters. The maximum atomic E-state index is 13.7. The van der Waals surface area contributed by atoms with Crippen molar-refractivity contribution in [1.82, 2.24) is 15.1 Å². The second kappa shape index (κ2) is 14.2. The number of carbonyl (C=O) groups excluding carboxylic acids is 4. The Hall–Kier alpha value is -3.10. The summed E-state index contributed by atoms with van der Waals surface area (Å²) in [6.07, 6.45) is 2.31. The Morgan fingerprint density at radius 1 is 1.13 bits per heavy atom. The lowest BCUT2D eigenvalue weighted by molar-refractivity contribution is -0.163. The van der Waals surface area contributed by atoms with Crippen molar-refractivity contribution in [2.45, 2.75) is 104 Å². The van der Waals surface area contributed by atoms with E-state index in [1.807, 2.05) is 51.1 Å². The summed E-state index contributed by atoms with van der Waals surface area (Å²) in [5, 5.41) is 2.91. The number of ether oxygens (including phenoxy) is 2. The van der Waals surface area contributed by atoms with E-state index in [-0.39, 0.29) is 18.4 Å². The summed E-state index contributed by atoms with van der Waals surface area (Å²) in [5.74, 6) is -1.32. The van der Waals surface area contributed by atoms with Gasteiger partial charge in [0.05, 0.1) is 0 Å². The van der Waals surface area contributed by atoms with Crippen LogP contribution >= 0.6 is 0 Å². The number of likely N-dealkylation sites (tertiary alicyclic amines) is 1. The van der Waals surface area contributed by atoms with Crippen LogP contribution in [0.25, 0.3) is 0 Å². The predicted octanol–water partition coefficient (Wildman–Crippen LogP) is 4.29. The Morgan fingerprint density at radius 3 is 2.37 bits per heavy atom. The molecular formula is C29H45N3O6. The van der Waals surface area contributed by atoms with Gasteiger partial charge in [0.15, 0.2) is 0 Å². The molecule has 0 bridgehead atoms. The summed E-state index contributed by atoms with van der Waals surface area (Å²) in [7, 11) is 1.53. The van der Waals surface area contributed by atoms with Crippen LogP contribution in [0.3, 0.4) is 0 Å². The lowest BCUT2D eigenvalue weighted by atomic mass is 9.96. The third-order valence-electron chi connectivity index (χ3n) is 6.82. The van der Waals surface area contributed by atoms with Gasteiger partial charge in [0.1, 0.15) is 30.3 Å². The average molecular weight is 532 g/mol. The third kappa shape index (κ3) is 8.74. The Bertz CT molecular complexity index is 945. The number of nitrogens with zero attached hydrogens (tertiary/aromatic N) is 2. The van der Waals surface area contributed by atoms with E-state index in [4.69, 9.17) is 9.47 Å². The van der Waals surface area contributed by atoms with Gasteiger partial charge in [-0.15, -0.1) is 0 Å². The van der Waals surface area contributed by atoms with Crippen molar-refractivity contribution in [3.05, 3.63) is 35.9 Å². The van der Waals surface area contributed by atoms with Gasteiger partial charge in [0.2, 0.25) is 11.8 Å². The molecule has 9 heteroatoms. The molecule has 1 fully saturated rings. The van der Waals surface area contributed by atoms with Gasteiger partial charge in [-0.3, -0.25) is 14.5 Å². The molecule has 0 saturated carbocycles. The molecule has 38 heavy (non-hydrogen) atoms. The van der Waals surface area contributed by atoms with Crippen LogP contribution in [0.2, 0.25) is 0 Å². The van der Waals surface area contributed by atoms with Gasteiger partial charge in [0, 0.05) is 13.6 Å². The Kier molecular flexibility index (Phi) is 11.6. The molecule has 2 rings (SSSR count). The summed E-state index contributed by atoms with van der Waals surface area (Å²) in [6, 6.07) is 7.01. The molecule has 0 spiro atoms. The summed E-state index contributed by atoms with van der Waals surface area (Å²) >= 11 is 0. The number of hydrogen-bond donors (Lipinski definition) is 1. The summed E-state index contributed by atoms with van der Waals surface area (Å²) in [6.45, 7) is 11.7. The van der Waals surface area contributed by atoms with Crippen LogP contribution < -0.4 is 5.32 Å². The minimum Gasteiger partial charge on any atom is -0.458 e. The first-order chi connectivity index (χ1) is 17.9. The molecular weight excluding hydrogens is 486 g/mol. The van der Waals surface area contributed by atoms with Crippen molar-refractivity contribution < 1.29 is 28.7 Å². The number of hydrogen-bond acceptors (Lipinski definition) is 6. The lowest BCUT2D eigenvalue weighted by Gasteiger charge is -2.34. The number of likely N-dealkylation sites (N-methyl/N-ethyl adjacent to an activating group) is 1. The van der Waals surface area contributed by atoms with Crippen molar-refractivity contribution >= 4 is 23.9 Å². The fourth-order valence-corrected chi connectivity index (χ4v) is 4.48. The van der Waals surface area contributed by atoms with E-state index in [1.54, 1.807) is 20.8 Å². The van der Waals surface area contributed by atoms with Gasteiger partial charge >= 0.3 is 12.1 Å². The zero-order valence-corrected chi connectivity index (χ0v) is 24.0. The van der Waals surface area contributed by atoms with Crippen molar-refractivity contribution in [2.24, 2.45) is 5.92 Å². The number of rotatable bonds is 11. The molecule has 0 radical (unpaired) electrons. The zero-order chi connectivity index (χ0) is 28.5. The van der Waals surface area contributed by atoms with E-state index in [2.05, 4.69) is 5.32 Å². The standard InChI is InChI=1S/C29H45N3O6/c1-8-14-22(31(7)28(36)37-19-21-15-11-10-12-16-21)25(33)30-24(20(3)9-2)26(34)32-18-13-17-23(32)27(35)38-29(4,5)6/h10-12,15-16,20,22-24H,8-9,13-14,17-19H2,1-7H3,(H,30,33)/t20-,22-,23-,24-/m0/s1. The minimum atomic E-state index is -0.830. The SMILES string of the molecule is CCC[C@@H](C(=O)N[C@H](C(=O)N1CCC[C@H]1C(=O)OC(C)(C)C)[C@@H](C)CC)N(C)C(=O)OCc1ccccc1. The third-order valence-corrected chi connectivity index (χ3v) is 6.82. The number of esters is 1. The molecule has 1 aliphatic heterocycles. The van der Waals surface area contributed by atoms with E-state index in [9.17, 15) is 19.2 Å². The van der Waals surface area contributed by atoms with E-state index in [0.717, 1.165) is 5.56 Å². The van der Waals surface area contributed by atoms with E-state index < -0.39 is 41.7 Å². The fourth-order valence-electron chi connectivity index (χ4n) is 4.48. The normalized spacial score (nSPS) is 17.8. The molecule has 1 saturated heterocycles. The topological polar surface area (TPSA) is 105 Å². The first-order valence-electron chi connectivity index (χ1n) is 13.7. The van der Waals surface area contributed by atoms with Gasteiger partial charge in [-0.1, -0.05) is 63.9 Å². The summed E-state index contributed by atoms with van der Waals surface area (Å²) in [4.78, 5) is 55.6. The highest BCUT2D eigenvalue weighted by Crippen LogP contribution is 2.24. The zero-order valence-electron chi connectivity index (χ0n) is 24.0. The first-order valence-corrected chi connectivity index (χ1v) is 13.7. The quantitative estimate of drug-likeness (QED) is 0.427. The molecule has 1 N–H and O–H groups in total. The van der Waals surface area contributed by atoms with Crippen molar-refractivity contribution in [1.29, 1.82) is 0 Å². The maximum Gasteiger partial charge on any atom is 0.410 e. The van der Waals surface area contributed by atoms with Crippen LogP contribution in [0.1, 0.15) is 79.2 Å². The number of benzene rings is 1. The van der Waals surface area contributed by atoms with Crippen LogP contribution in [0.5, 0.6) is 0 Å². The predicted molar refractivity (Wildman–Crippen MR) is 145 cm³/mol. The molecule has 0 unspecified atom stereocenters. The number of amides is 3. The van der Waals surface area contributed by atoms with E-state index >= 15 is 0 Å². The van der Waals surface area contributed by atoms with Crippen LogP contribution in [0, 0.1) is 5.92 Å². The average Bonchev–Trinajstić information content (AvgIpc) is 3.37. The van der Waals surface area contributed by atoms with Gasteiger partial charge in [0.25, 0.3) is 0 Å². The molecule has 1 heterocycles. The van der Waals surface area contributed by atoms with E-state index in [0.29, 0.717) is 38.6 Å². The molecule has 1 aromatic carbocycles. The highest BCUT2D eigenvalue weighted by atomic mass is 16.6. The van der Waals surface area contributed by atoms with Gasteiger partial charge < -0.3 is 19.7 Å². The maximum absolute atomic E-state index is 13.7. The number of nitrogens with one attached hydrogen (secondary N) is 1. The molecule has 3 amide bonds. The minimum absolute atomic E-state index is 0.0967. The van der Waals surface area contributed by atoms with Crippen LogP contribution in [-0.4, -0.2) is 71.0 Å². The molecule has 0 aromatic heterocycles. The van der Waals surface area contributed by atoms with Crippen LogP contribution in [0.4, 0.5) is 4.79 Å². The smallest absolute Gasteiger partial charge is 0.410 e. The van der Waals surface area contributed by atoms with Gasteiger partial charge in [-0.25, -0.2) is 9.59 Å². The van der Waals surface area contributed by atoms with Crippen molar-refractivity contribution in [3.8, 4) is 0 Å². The summed E-state index contributed by atoms with van der Waals surface area (Å²) < 4.78 is 11.0. The largest absolute Gasteiger partial charge is 0.458 e. The second-order valence-corrected chi connectivity index (χ2v) is 11.1. The van der Waals surface area contributed by atoms with Gasteiger partial charge in [-0.05, 0) is 51.5 Å². The lowest BCUT2D eigenvalue weighted by Crippen LogP contribution is -2.58. The Balaban J connectivity index is 2.15. The van der Waals surface area contributed by atoms with Crippen molar-refractivity contribution in [2.75, 3.05) is 13.6 Å². The van der Waals surface area contributed by atoms with Crippen LogP contribution in [0.15, 0.2) is 30.3 Å². The molecule has 0 aliphatic carbocycles. The van der Waals surface area contributed by atoms with E-state index in [1.165, 1.54) is 16.8 Å². The highest BCUT2D eigenvalue weighted by molar-refractivity contribution is 5.93. The molecule has 1 aromatic rings. The van der Waals surface area contributed by atoms with Gasteiger partial charge in [-0.2, -0.15) is 0 Å². The Labute approximate surface area is 227 Å². The molecule has 212 valence electrons. The Morgan fingerprint density at radius 2 is 1.79 bits per heavy atom. The second-order valence-electron chi connectivity index (χ2n) is 11.1. The monoisotopic (exact) mass is 531 g/mol. The number of carbonyl (C=O) groups is 4. The first kappa shape index (κ1) is 31.1.